The largest absolute Gasteiger partial charge is 0.457 e. The Kier molecular flexibility index (Phi) is 4.46. The first-order valence-corrected chi connectivity index (χ1v) is 6.78. The molecular weight excluding hydrogens is 258 g/mol. The summed E-state index contributed by atoms with van der Waals surface area (Å²) in [6.45, 7) is 4.04. The van der Waals surface area contributed by atoms with Crippen molar-refractivity contribution in [3.8, 4) is 11.5 Å². The van der Waals surface area contributed by atoms with Crippen LogP contribution in [0.2, 0.25) is 5.02 Å². The van der Waals surface area contributed by atoms with E-state index >= 15 is 0 Å². The number of halogens is 1. The van der Waals surface area contributed by atoms with Gasteiger partial charge in [-0.1, -0.05) is 36.7 Å². The van der Waals surface area contributed by atoms with Crippen molar-refractivity contribution in [1.29, 1.82) is 0 Å². The summed E-state index contributed by atoms with van der Waals surface area (Å²) in [5.41, 5.74) is 8.14. The zero-order valence-electron chi connectivity index (χ0n) is 11.2. The van der Waals surface area contributed by atoms with Crippen LogP contribution in [0.15, 0.2) is 42.5 Å². The third kappa shape index (κ3) is 3.28. The molecule has 0 saturated carbocycles. The van der Waals surface area contributed by atoms with Crippen LogP contribution in [0.25, 0.3) is 0 Å². The molecule has 2 N–H and O–H groups in total. The third-order valence-corrected chi connectivity index (χ3v) is 3.35. The van der Waals surface area contributed by atoms with E-state index in [-0.39, 0.29) is 6.04 Å². The minimum atomic E-state index is -0.0104. The lowest BCUT2D eigenvalue weighted by molar-refractivity contribution is 0.465. The van der Waals surface area contributed by atoms with Gasteiger partial charge in [-0.2, -0.15) is 0 Å². The maximum Gasteiger partial charge on any atom is 0.132 e. The zero-order valence-corrected chi connectivity index (χ0v) is 11.9. The predicted octanol–water partition coefficient (Wildman–Crippen LogP) is 4.85. The summed E-state index contributed by atoms with van der Waals surface area (Å²) in [6, 6.07) is 13.5. The second-order valence-electron chi connectivity index (χ2n) is 4.56. The van der Waals surface area contributed by atoms with Crippen molar-refractivity contribution in [3.63, 3.8) is 0 Å². The van der Waals surface area contributed by atoms with E-state index in [9.17, 15) is 0 Å². The number of para-hydroxylation sites is 1. The van der Waals surface area contributed by atoms with Crippen LogP contribution in [0, 0.1) is 6.92 Å². The topological polar surface area (TPSA) is 35.2 Å². The SMILES string of the molecule is CC[C@H](N)c1ccccc1Oc1ccc(Cl)cc1C. The summed E-state index contributed by atoms with van der Waals surface area (Å²) < 4.78 is 5.98. The highest BCUT2D eigenvalue weighted by Crippen LogP contribution is 2.32. The number of hydrogen-bond acceptors (Lipinski definition) is 2. The number of nitrogens with two attached hydrogens (primary N) is 1. The highest BCUT2D eigenvalue weighted by atomic mass is 35.5. The molecule has 0 amide bonds. The molecule has 0 saturated heterocycles. The van der Waals surface area contributed by atoms with Crippen LogP contribution >= 0.6 is 11.6 Å². The van der Waals surface area contributed by atoms with E-state index in [4.69, 9.17) is 22.1 Å². The molecule has 19 heavy (non-hydrogen) atoms. The van der Waals surface area contributed by atoms with Crippen LogP contribution in [0.1, 0.15) is 30.5 Å². The molecule has 2 rings (SSSR count). The Morgan fingerprint density at radius 1 is 1.16 bits per heavy atom. The van der Waals surface area contributed by atoms with Gasteiger partial charge in [-0.25, -0.2) is 0 Å². The molecule has 0 aliphatic carbocycles. The monoisotopic (exact) mass is 275 g/mol. The smallest absolute Gasteiger partial charge is 0.132 e. The predicted molar refractivity (Wildman–Crippen MR) is 79.9 cm³/mol. The average Bonchev–Trinajstić information content (AvgIpc) is 2.41. The van der Waals surface area contributed by atoms with E-state index in [0.717, 1.165) is 29.0 Å². The Hall–Kier alpha value is -1.51. The molecule has 0 heterocycles. The molecule has 0 aliphatic rings. The first-order chi connectivity index (χ1) is 9.11. The van der Waals surface area contributed by atoms with Gasteiger partial charge in [-0.3, -0.25) is 0 Å². The van der Waals surface area contributed by atoms with Crippen molar-refractivity contribution in [1.82, 2.24) is 0 Å². The van der Waals surface area contributed by atoms with Gasteiger partial charge in [-0.15, -0.1) is 0 Å². The average molecular weight is 276 g/mol. The van der Waals surface area contributed by atoms with E-state index in [1.165, 1.54) is 0 Å². The highest BCUT2D eigenvalue weighted by Gasteiger charge is 2.11. The summed E-state index contributed by atoms with van der Waals surface area (Å²) in [5, 5.41) is 0.711. The molecule has 1 atom stereocenters. The second-order valence-corrected chi connectivity index (χ2v) is 5.00. The third-order valence-electron chi connectivity index (χ3n) is 3.12. The molecule has 0 bridgehead atoms. The Morgan fingerprint density at radius 3 is 2.58 bits per heavy atom. The Bertz CT molecular complexity index is 568. The number of benzene rings is 2. The summed E-state index contributed by atoms with van der Waals surface area (Å²) >= 11 is 5.95. The van der Waals surface area contributed by atoms with E-state index < -0.39 is 0 Å². The maximum absolute atomic E-state index is 6.11. The van der Waals surface area contributed by atoms with Crippen LogP contribution in [0.4, 0.5) is 0 Å². The number of aryl methyl sites for hydroxylation is 1. The number of hydrogen-bond donors (Lipinski definition) is 1. The molecule has 2 nitrogen and oxygen atoms in total. The van der Waals surface area contributed by atoms with Gasteiger partial charge < -0.3 is 10.5 Å². The first-order valence-electron chi connectivity index (χ1n) is 6.40. The fourth-order valence-corrected chi connectivity index (χ4v) is 2.17. The molecule has 0 fully saturated rings. The van der Waals surface area contributed by atoms with E-state index in [2.05, 4.69) is 6.92 Å². The molecule has 2 aromatic rings. The van der Waals surface area contributed by atoms with Crippen LogP contribution in [0.5, 0.6) is 11.5 Å². The minimum Gasteiger partial charge on any atom is -0.457 e. The van der Waals surface area contributed by atoms with Gasteiger partial charge in [0.2, 0.25) is 0 Å². The highest BCUT2D eigenvalue weighted by molar-refractivity contribution is 6.30. The van der Waals surface area contributed by atoms with Crippen molar-refractivity contribution in [2.45, 2.75) is 26.3 Å². The van der Waals surface area contributed by atoms with E-state index in [0.29, 0.717) is 5.02 Å². The Labute approximate surface area is 119 Å². The zero-order chi connectivity index (χ0) is 13.8. The van der Waals surface area contributed by atoms with Gasteiger partial charge in [-0.05, 0) is 43.2 Å². The van der Waals surface area contributed by atoms with Gasteiger partial charge in [0, 0.05) is 16.6 Å². The molecule has 0 aliphatic heterocycles. The van der Waals surface area contributed by atoms with E-state index in [1.54, 1.807) is 0 Å². The molecule has 100 valence electrons. The maximum atomic E-state index is 6.11. The Balaban J connectivity index is 2.33. The van der Waals surface area contributed by atoms with Crippen molar-refractivity contribution >= 4 is 11.6 Å². The molecule has 2 aromatic carbocycles. The summed E-state index contributed by atoms with van der Waals surface area (Å²) in [5.74, 6) is 1.61. The van der Waals surface area contributed by atoms with Gasteiger partial charge in [0.1, 0.15) is 11.5 Å². The van der Waals surface area contributed by atoms with Gasteiger partial charge >= 0.3 is 0 Å². The lowest BCUT2D eigenvalue weighted by Gasteiger charge is -2.16. The van der Waals surface area contributed by atoms with Crippen molar-refractivity contribution in [2.75, 3.05) is 0 Å². The second kappa shape index (κ2) is 6.09. The normalized spacial score (nSPS) is 12.2. The van der Waals surface area contributed by atoms with Crippen molar-refractivity contribution in [2.24, 2.45) is 5.73 Å². The van der Waals surface area contributed by atoms with Crippen molar-refractivity contribution < 1.29 is 4.74 Å². The molecule has 0 spiro atoms. The first kappa shape index (κ1) is 13.9. The molecule has 0 aromatic heterocycles. The number of ether oxygens (including phenoxy) is 1. The van der Waals surface area contributed by atoms with Crippen LogP contribution in [0.3, 0.4) is 0 Å². The lowest BCUT2D eigenvalue weighted by atomic mass is 10.0. The fraction of sp³-hybridized carbons (Fsp3) is 0.250. The molecular formula is C16H18ClNO. The van der Waals surface area contributed by atoms with Gasteiger partial charge in [0.25, 0.3) is 0 Å². The minimum absolute atomic E-state index is 0.0104. The molecule has 0 unspecified atom stereocenters. The van der Waals surface area contributed by atoms with Crippen LogP contribution in [-0.4, -0.2) is 0 Å². The standard InChI is InChI=1S/C16H18ClNO/c1-3-14(18)13-6-4-5-7-16(13)19-15-9-8-12(17)10-11(15)2/h4-10,14H,3,18H2,1-2H3/t14-/m0/s1. The lowest BCUT2D eigenvalue weighted by Crippen LogP contribution is -2.09. The summed E-state index contributed by atoms with van der Waals surface area (Å²) in [7, 11) is 0. The molecule has 3 heteroatoms. The van der Waals surface area contributed by atoms with Gasteiger partial charge in [0.15, 0.2) is 0 Å². The van der Waals surface area contributed by atoms with E-state index in [1.807, 2.05) is 49.4 Å². The van der Waals surface area contributed by atoms with Crippen LogP contribution < -0.4 is 10.5 Å². The Morgan fingerprint density at radius 2 is 1.89 bits per heavy atom. The summed E-state index contributed by atoms with van der Waals surface area (Å²) in [6.07, 6.45) is 0.875. The quantitative estimate of drug-likeness (QED) is 0.866. The van der Waals surface area contributed by atoms with Gasteiger partial charge in [0.05, 0.1) is 0 Å². The van der Waals surface area contributed by atoms with Crippen LogP contribution in [-0.2, 0) is 0 Å². The van der Waals surface area contributed by atoms with Crippen molar-refractivity contribution in [3.05, 3.63) is 58.6 Å². The summed E-state index contributed by atoms with van der Waals surface area (Å²) in [4.78, 5) is 0. The molecule has 0 radical (unpaired) electrons. The number of rotatable bonds is 4. The fourth-order valence-electron chi connectivity index (χ4n) is 1.95.